The van der Waals surface area contributed by atoms with Crippen LogP contribution in [0.4, 0.5) is 11.4 Å². The summed E-state index contributed by atoms with van der Waals surface area (Å²) in [5.74, 6) is 0.439. The molecule has 1 aliphatic heterocycles. The largest absolute Gasteiger partial charge is 0.495 e. The summed E-state index contributed by atoms with van der Waals surface area (Å²) in [6.07, 6.45) is 3.10. The maximum Gasteiger partial charge on any atom is 0.221 e. The maximum absolute atomic E-state index is 12.7. The molecule has 1 saturated heterocycles. The van der Waals surface area contributed by atoms with Crippen LogP contribution < -0.4 is 15.0 Å². The van der Waals surface area contributed by atoms with Gasteiger partial charge in [0.15, 0.2) is 15.6 Å². The van der Waals surface area contributed by atoms with E-state index in [-0.39, 0.29) is 22.3 Å². The number of sulfone groups is 1. The molecule has 0 radical (unpaired) electrons. The lowest BCUT2D eigenvalue weighted by atomic mass is 10.0. The Morgan fingerprint density at radius 2 is 1.74 bits per heavy atom. The molecule has 1 N–H and O–H groups in total. The van der Waals surface area contributed by atoms with Crippen molar-refractivity contribution >= 4 is 32.9 Å². The van der Waals surface area contributed by atoms with Crippen LogP contribution in [0.3, 0.4) is 0 Å². The molecule has 0 aliphatic carbocycles. The molecule has 1 fully saturated rings. The van der Waals surface area contributed by atoms with Crippen molar-refractivity contribution in [2.45, 2.75) is 31.1 Å². The number of Topliss-reactive ketones (excluding diaryl/α,β-unsaturated/α-hetero) is 1. The molecule has 0 bridgehead atoms. The van der Waals surface area contributed by atoms with Gasteiger partial charge >= 0.3 is 0 Å². The maximum atomic E-state index is 12.7. The van der Waals surface area contributed by atoms with Crippen LogP contribution in [0.25, 0.3) is 0 Å². The zero-order valence-corrected chi connectivity index (χ0v) is 20.9. The highest BCUT2D eigenvalue weighted by Gasteiger charge is 2.20. The molecule has 184 valence electrons. The molecule has 0 spiro atoms. The Kier molecular flexibility index (Phi) is 8.68. The van der Waals surface area contributed by atoms with Gasteiger partial charge in [-0.3, -0.25) is 14.5 Å². The number of para-hydroxylation sites is 2. The van der Waals surface area contributed by atoms with Crippen molar-refractivity contribution in [3.8, 4) is 5.75 Å². The van der Waals surface area contributed by atoms with E-state index in [0.29, 0.717) is 12.0 Å². The Balaban J connectivity index is 1.47. The SMILES string of the molecule is COc1ccccc1N1CCN(CCCCC(=O)c2ccc(S(C)(=O)=O)c(NC(C)=O)c2)CC1. The third kappa shape index (κ3) is 6.80. The average Bonchev–Trinajstić information content (AvgIpc) is 2.81. The van der Waals surface area contributed by atoms with Gasteiger partial charge in [-0.2, -0.15) is 0 Å². The first-order chi connectivity index (χ1) is 16.2. The van der Waals surface area contributed by atoms with Gasteiger partial charge in [-0.05, 0) is 49.7 Å². The molecule has 0 saturated carbocycles. The number of unbranched alkanes of at least 4 members (excludes halogenated alkanes) is 1. The second-order valence-electron chi connectivity index (χ2n) is 8.55. The summed E-state index contributed by atoms with van der Waals surface area (Å²) in [4.78, 5) is 28.9. The Labute approximate surface area is 201 Å². The molecule has 0 aromatic heterocycles. The van der Waals surface area contributed by atoms with E-state index < -0.39 is 9.84 Å². The highest BCUT2D eigenvalue weighted by Crippen LogP contribution is 2.28. The van der Waals surface area contributed by atoms with Crippen molar-refractivity contribution in [1.29, 1.82) is 0 Å². The number of hydrogen-bond donors (Lipinski definition) is 1. The Morgan fingerprint density at radius 1 is 1.03 bits per heavy atom. The van der Waals surface area contributed by atoms with Gasteiger partial charge in [0.05, 0.1) is 23.4 Å². The van der Waals surface area contributed by atoms with Gasteiger partial charge in [-0.15, -0.1) is 0 Å². The van der Waals surface area contributed by atoms with Crippen LogP contribution >= 0.6 is 0 Å². The fourth-order valence-electron chi connectivity index (χ4n) is 4.18. The number of benzene rings is 2. The molecule has 0 unspecified atom stereocenters. The van der Waals surface area contributed by atoms with Gasteiger partial charge in [0.1, 0.15) is 5.75 Å². The van der Waals surface area contributed by atoms with E-state index in [9.17, 15) is 18.0 Å². The zero-order chi connectivity index (χ0) is 24.7. The lowest BCUT2D eigenvalue weighted by Crippen LogP contribution is -2.46. The van der Waals surface area contributed by atoms with Gasteiger partial charge in [0, 0.05) is 51.3 Å². The van der Waals surface area contributed by atoms with Crippen molar-refractivity contribution in [3.63, 3.8) is 0 Å². The third-order valence-electron chi connectivity index (χ3n) is 5.94. The number of ketones is 1. The second kappa shape index (κ2) is 11.5. The number of hydrogen-bond acceptors (Lipinski definition) is 7. The van der Waals surface area contributed by atoms with Gasteiger partial charge < -0.3 is 15.0 Å². The number of nitrogens with one attached hydrogen (secondary N) is 1. The normalized spacial score (nSPS) is 14.6. The summed E-state index contributed by atoms with van der Waals surface area (Å²) in [6.45, 7) is 6.00. The van der Waals surface area contributed by atoms with Crippen molar-refractivity contribution in [2.24, 2.45) is 0 Å². The number of carbonyl (C=O) groups excluding carboxylic acids is 2. The number of methoxy groups -OCH3 is 1. The summed E-state index contributed by atoms with van der Waals surface area (Å²) >= 11 is 0. The van der Waals surface area contributed by atoms with Crippen molar-refractivity contribution in [3.05, 3.63) is 48.0 Å². The molecule has 9 heteroatoms. The molecule has 8 nitrogen and oxygen atoms in total. The Bertz CT molecular complexity index is 1130. The van der Waals surface area contributed by atoms with Crippen LogP contribution in [-0.2, 0) is 14.6 Å². The van der Waals surface area contributed by atoms with Gasteiger partial charge in [-0.1, -0.05) is 12.1 Å². The van der Waals surface area contributed by atoms with E-state index in [1.54, 1.807) is 7.11 Å². The summed E-state index contributed by atoms with van der Waals surface area (Å²) in [7, 11) is -1.83. The Morgan fingerprint density at radius 3 is 2.38 bits per heavy atom. The van der Waals surface area contributed by atoms with E-state index in [0.717, 1.165) is 63.3 Å². The molecule has 2 aromatic carbocycles. The first-order valence-electron chi connectivity index (χ1n) is 11.4. The molecule has 2 aromatic rings. The fourth-order valence-corrected chi connectivity index (χ4v) is 5.01. The fraction of sp³-hybridized carbons (Fsp3) is 0.440. The number of ether oxygens (including phenoxy) is 1. The predicted molar refractivity (Wildman–Crippen MR) is 134 cm³/mol. The summed E-state index contributed by atoms with van der Waals surface area (Å²) in [5, 5.41) is 2.52. The number of amides is 1. The molecule has 0 atom stereocenters. The molecule has 1 heterocycles. The van der Waals surface area contributed by atoms with Crippen LogP contribution in [-0.4, -0.2) is 71.1 Å². The topological polar surface area (TPSA) is 96.0 Å². The second-order valence-corrected chi connectivity index (χ2v) is 10.5. The van der Waals surface area contributed by atoms with Gasteiger partial charge in [-0.25, -0.2) is 8.42 Å². The van der Waals surface area contributed by atoms with E-state index in [1.165, 1.54) is 25.1 Å². The monoisotopic (exact) mass is 487 g/mol. The molecule has 34 heavy (non-hydrogen) atoms. The van der Waals surface area contributed by atoms with Crippen LogP contribution in [0.2, 0.25) is 0 Å². The first-order valence-corrected chi connectivity index (χ1v) is 13.3. The van der Waals surface area contributed by atoms with Gasteiger partial charge in [0.25, 0.3) is 0 Å². The summed E-state index contributed by atoms with van der Waals surface area (Å²) in [5.41, 5.74) is 1.67. The number of piperazine rings is 1. The van der Waals surface area contributed by atoms with Crippen molar-refractivity contribution < 1.29 is 22.7 Å². The standard InChI is InChI=1S/C25H33N3O5S/c1-19(29)26-21-18-20(11-12-25(21)34(3,31)32)23(30)9-6-7-13-27-14-16-28(17-15-27)22-8-4-5-10-24(22)33-2/h4-5,8,10-12,18H,6-7,9,13-17H2,1-3H3,(H,26,29). The minimum absolute atomic E-state index is 0.00603. The molecule has 3 rings (SSSR count). The van der Waals surface area contributed by atoms with Gasteiger partial charge in [0.2, 0.25) is 5.91 Å². The highest BCUT2D eigenvalue weighted by atomic mass is 32.2. The predicted octanol–water partition coefficient (Wildman–Crippen LogP) is 3.23. The molecular weight excluding hydrogens is 454 g/mol. The zero-order valence-electron chi connectivity index (χ0n) is 20.0. The van der Waals surface area contributed by atoms with Crippen LogP contribution in [0.5, 0.6) is 5.75 Å². The molecule has 1 aliphatic rings. The highest BCUT2D eigenvalue weighted by molar-refractivity contribution is 7.90. The lowest BCUT2D eigenvalue weighted by molar-refractivity contribution is -0.114. The number of carbonyl (C=O) groups is 2. The quantitative estimate of drug-likeness (QED) is 0.406. The van der Waals surface area contributed by atoms with Crippen LogP contribution in [0.1, 0.15) is 36.5 Å². The van der Waals surface area contributed by atoms with E-state index in [1.807, 2.05) is 18.2 Å². The average molecular weight is 488 g/mol. The third-order valence-corrected chi connectivity index (χ3v) is 7.09. The minimum atomic E-state index is -3.52. The van der Waals surface area contributed by atoms with E-state index in [4.69, 9.17) is 4.74 Å². The van der Waals surface area contributed by atoms with E-state index in [2.05, 4.69) is 21.2 Å². The van der Waals surface area contributed by atoms with Crippen molar-refractivity contribution in [1.82, 2.24) is 4.90 Å². The van der Waals surface area contributed by atoms with Crippen LogP contribution in [0.15, 0.2) is 47.4 Å². The van der Waals surface area contributed by atoms with Crippen molar-refractivity contribution in [2.75, 3.05) is 56.3 Å². The lowest BCUT2D eigenvalue weighted by Gasteiger charge is -2.36. The number of anilines is 2. The summed E-state index contributed by atoms with van der Waals surface area (Å²) in [6, 6.07) is 12.4. The van der Waals surface area contributed by atoms with E-state index >= 15 is 0 Å². The smallest absolute Gasteiger partial charge is 0.221 e. The molecular formula is C25H33N3O5S. The number of nitrogens with zero attached hydrogens (tertiary/aromatic N) is 2. The number of rotatable bonds is 10. The minimum Gasteiger partial charge on any atom is -0.495 e. The van der Waals surface area contributed by atoms with Crippen LogP contribution in [0, 0.1) is 0 Å². The Hall–Kier alpha value is -2.91. The first kappa shape index (κ1) is 25.7. The summed E-state index contributed by atoms with van der Waals surface area (Å²) < 4.78 is 29.4. The molecule has 1 amide bonds.